The number of aryl methyl sites for hydroxylation is 1. The molecule has 2 N–H and O–H groups in total. The minimum atomic E-state index is -1.22. The highest BCUT2D eigenvalue weighted by atomic mass is 32.1. The fraction of sp³-hybridized carbons (Fsp3) is 0.409. The highest BCUT2D eigenvalue weighted by Crippen LogP contribution is 2.34. The summed E-state index contributed by atoms with van der Waals surface area (Å²) in [5.41, 5.74) is 1.07. The molecular weight excluding hydrogens is 432 g/mol. The monoisotopic (exact) mass is 456 g/mol. The predicted octanol–water partition coefficient (Wildman–Crippen LogP) is 4.26. The van der Waals surface area contributed by atoms with Gasteiger partial charge in [-0.25, -0.2) is 9.78 Å². The van der Waals surface area contributed by atoms with E-state index in [-0.39, 0.29) is 12.9 Å². The van der Waals surface area contributed by atoms with E-state index in [0.29, 0.717) is 38.4 Å². The third kappa shape index (κ3) is 4.22. The molecule has 0 unspecified atom stereocenters. The maximum absolute atomic E-state index is 10.8. The normalized spacial score (nSPS) is 15.8. The third-order valence-electron chi connectivity index (χ3n) is 5.67. The number of hydrogen-bond acceptors (Lipinski definition) is 9. The Morgan fingerprint density at radius 3 is 2.84 bits per heavy atom. The number of ether oxygens (including phenoxy) is 3. The lowest BCUT2D eigenvalue weighted by Crippen LogP contribution is -2.38. The maximum atomic E-state index is 10.8. The summed E-state index contributed by atoms with van der Waals surface area (Å²) in [7, 11) is 0. The van der Waals surface area contributed by atoms with E-state index in [1.165, 1.54) is 4.88 Å². The van der Waals surface area contributed by atoms with E-state index >= 15 is 0 Å². The molecule has 0 atom stereocenters. The number of fused-ring (bicyclic) bond motifs is 2. The summed E-state index contributed by atoms with van der Waals surface area (Å²) in [6.07, 6.45) is 0.693. The zero-order valence-corrected chi connectivity index (χ0v) is 18.5. The van der Waals surface area contributed by atoms with Gasteiger partial charge in [0.05, 0.1) is 5.39 Å². The maximum Gasteiger partial charge on any atom is 0.506 e. The van der Waals surface area contributed by atoms with Crippen molar-refractivity contribution in [1.29, 1.82) is 0 Å². The molecule has 0 bridgehead atoms. The molecule has 168 valence electrons. The van der Waals surface area contributed by atoms with Crippen molar-refractivity contribution in [1.82, 2.24) is 9.97 Å². The van der Waals surface area contributed by atoms with Crippen molar-refractivity contribution in [3.05, 3.63) is 34.7 Å². The first-order valence-corrected chi connectivity index (χ1v) is 11.5. The summed E-state index contributed by atoms with van der Waals surface area (Å²) in [6, 6.07) is 8.06. The van der Waals surface area contributed by atoms with Crippen LogP contribution in [0.2, 0.25) is 0 Å². The minimum Gasteiger partial charge on any atom is -0.454 e. The topological polar surface area (TPSA) is 106 Å². The van der Waals surface area contributed by atoms with Crippen molar-refractivity contribution in [2.24, 2.45) is 0 Å². The standard InChI is InChI=1S/C22H24N4O5S/c1-2-15-10-16-19(23-11-13-3-4-17-18(9-13)30-12-29-17)24-21(25-20(16)32-15)26-7-5-14(6-8-26)31-22(27)28/h3-4,9-10,14H,2,5-8,11-12H2,1H3,(H,27,28)(H,23,24,25). The van der Waals surface area contributed by atoms with Gasteiger partial charge in [-0.15, -0.1) is 11.3 Å². The second kappa shape index (κ2) is 8.70. The number of benzene rings is 1. The zero-order valence-electron chi connectivity index (χ0n) is 17.7. The first-order chi connectivity index (χ1) is 15.6. The average molecular weight is 457 g/mol. The number of thiophene rings is 1. The van der Waals surface area contributed by atoms with Crippen LogP contribution in [0, 0.1) is 0 Å². The van der Waals surface area contributed by atoms with E-state index in [9.17, 15) is 4.79 Å². The number of piperidine rings is 1. The van der Waals surface area contributed by atoms with Crippen molar-refractivity contribution in [2.75, 3.05) is 30.1 Å². The van der Waals surface area contributed by atoms with Crippen LogP contribution in [0.1, 0.15) is 30.2 Å². The molecule has 5 rings (SSSR count). The van der Waals surface area contributed by atoms with Crippen LogP contribution in [0.3, 0.4) is 0 Å². The van der Waals surface area contributed by atoms with Crippen LogP contribution < -0.4 is 19.7 Å². The molecule has 32 heavy (non-hydrogen) atoms. The van der Waals surface area contributed by atoms with Crippen LogP contribution in [-0.4, -0.2) is 47.2 Å². The second-order valence-electron chi connectivity index (χ2n) is 7.77. The lowest BCUT2D eigenvalue weighted by molar-refractivity contribution is 0.0415. The number of aromatic nitrogens is 2. The molecule has 0 radical (unpaired) electrons. The summed E-state index contributed by atoms with van der Waals surface area (Å²) in [6.45, 7) is 4.28. The van der Waals surface area contributed by atoms with Gasteiger partial charge >= 0.3 is 6.16 Å². The highest BCUT2D eigenvalue weighted by Gasteiger charge is 2.25. The van der Waals surface area contributed by atoms with Crippen LogP contribution >= 0.6 is 11.3 Å². The van der Waals surface area contributed by atoms with E-state index in [0.717, 1.165) is 39.5 Å². The van der Waals surface area contributed by atoms with Gasteiger partial charge in [0.25, 0.3) is 0 Å². The number of rotatable bonds is 6. The van der Waals surface area contributed by atoms with Crippen LogP contribution in [0.15, 0.2) is 24.3 Å². The lowest BCUT2D eigenvalue weighted by atomic mass is 10.1. The van der Waals surface area contributed by atoms with Crippen LogP contribution in [0.25, 0.3) is 10.2 Å². The Labute approximate surface area is 188 Å². The van der Waals surface area contributed by atoms with Crippen LogP contribution in [-0.2, 0) is 17.7 Å². The van der Waals surface area contributed by atoms with Gasteiger partial charge in [-0.05, 0) is 30.2 Å². The van der Waals surface area contributed by atoms with Gasteiger partial charge in [-0.3, -0.25) is 0 Å². The van der Waals surface area contributed by atoms with Gasteiger partial charge in [0.2, 0.25) is 12.7 Å². The molecule has 2 aromatic heterocycles. The number of nitrogens with one attached hydrogen (secondary N) is 1. The van der Waals surface area contributed by atoms with Gasteiger partial charge in [-0.2, -0.15) is 4.98 Å². The molecule has 1 aromatic carbocycles. The first-order valence-electron chi connectivity index (χ1n) is 10.7. The van der Waals surface area contributed by atoms with Crippen molar-refractivity contribution < 1.29 is 24.1 Å². The molecule has 10 heteroatoms. The number of carbonyl (C=O) groups is 1. The van der Waals surface area contributed by atoms with Crippen molar-refractivity contribution >= 4 is 39.5 Å². The highest BCUT2D eigenvalue weighted by molar-refractivity contribution is 7.18. The molecule has 4 heterocycles. The lowest BCUT2D eigenvalue weighted by Gasteiger charge is -2.31. The van der Waals surface area contributed by atoms with Gasteiger partial charge in [0, 0.05) is 37.4 Å². The predicted molar refractivity (Wildman–Crippen MR) is 121 cm³/mol. The SMILES string of the molecule is CCc1cc2c(NCc3ccc4c(c3)OCO4)nc(N3CCC(OC(=O)O)CC3)nc2s1. The molecule has 2 aliphatic heterocycles. The number of hydrogen-bond donors (Lipinski definition) is 2. The van der Waals surface area contributed by atoms with Crippen molar-refractivity contribution in [3.8, 4) is 11.5 Å². The zero-order chi connectivity index (χ0) is 22.1. The molecule has 2 aliphatic rings. The van der Waals surface area contributed by atoms with E-state index in [1.54, 1.807) is 11.3 Å². The van der Waals surface area contributed by atoms with Crippen molar-refractivity contribution in [3.63, 3.8) is 0 Å². The fourth-order valence-corrected chi connectivity index (χ4v) is 4.93. The second-order valence-corrected chi connectivity index (χ2v) is 8.88. The largest absolute Gasteiger partial charge is 0.506 e. The molecule has 1 fully saturated rings. The summed E-state index contributed by atoms with van der Waals surface area (Å²) in [5, 5.41) is 13.3. The number of carboxylic acid groups (broad SMARTS) is 1. The summed E-state index contributed by atoms with van der Waals surface area (Å²) < 4.78 is 15.8. The minimum absolute atomic E-state index is 0.255. The molecular formula is C22H24N4O5S. The van der Waals surface area contributed by atoms with E-state index < -0.39 is 6.16 Å². The quantitative estimate of drug-likeness (QED) is 0.526. The van der Waals surface area contributed by atoms with Crippen LogP contribution in [0.4, 0.5) is 16.6 Å². The van der Waals surface area contributed by atoms with Gasteiger partial charge in [-0.1, -0.05) is 13.0 Å². The van der Waals surface area contributed by atoms with Crippen molar-refractivity contribution in [2.45, 2.75) is 38.8 Å². The van der Waals surface area contributed by atoms with Crippen LogP contribution in [0.5, 0.6) is 11.5 Å². The third-order valence-corrected chi connectivity index (χ3v) is 6.84. The Morgan fingerprint density at radius 1 is 1.25 bits per heavy atom. The van der Waals surface area contributed by atoms with Gasteiger partial charge in [0.15, 0.2) is 11.5 Å². The number of nitrogens with zero attached hydrogens (tertiary/aromatic N) is 3. The first kappa shape index (κ1) is 20.6. The molecule has 0 amide bonds. The number of anilines is 2. The Kier molecular flexibility index (Phi) is 5.60. The molecule has 0 aliphatic carbocycles. The molecule has 0 spiro atoms. The fourth-order valence-electron chi connectivity index (χ4n) is 3.96. The van der Waals surface area contributed by atoms with E-state index in [2.05, 4.69) is 23.2 Å². The molecule has 3 aromatic rings. The summed E-state index contributed by atoms with van der Waals surface area (Å²) in [5.74, 6) is 2.97. The summed E-state index contributed by atoms with van der Waals surface area (Å²) in [4.78, 5) is 24.8. The van der Waals surface area contributed by atoms with E-state index in [4.69, 9.17) is 29.3 Å². The average Bonchev–Trinajstić information content (AvgIpc) is 3.43. The Hall–Kier alpha value is -3.27. The Morgan fingerprint density at radius 2 is 2.06 bits per heavy atom. The molecule has 1 saturated heterocycles. The smallest absolute Gasteiger partial charge is 0.454 e. The molecule has 9 nitrogen and oxygen atoms in total. The van der Waals surface area contributed by atoms with Gasteiger partial charge in [0.1, 0.15) is 16.8 Å². The molecule has 0 saturated carbocycles. The van der Waals surface area contributed by atoms with E-state index in [1.807, 2.05) is 18.2 Å². The Balaban J connectivity index is 1.37. The Bertz CT molecular complexity index is 1140. The van der Waals surface area contributed by atoms with Gasteiger partial charge < -0.3 is 29.5 Å². The summed E-state index contributed by atoms with van der Waals surface area (Å²) >= 11 is 1.68.